The lowest BCUT2D eigenvalue weighted by atomic mass is 10.3. The minimum atomic E-state index is -1.22. The van der Waals surface area contributed by atoms with Gasteiger partial charge in [-0.1, -0.05) is 11.6 Å². The van der Waals surface area contributed by atoms with Crippen LogP contribution >= 0.6 is 11.6 Å². The van der Waals surface area contributed by atoms with Gasteiger partial charge in [-0.05, 0) is 6.07 Å². The molecule has 0 unspecified atom stereocenters. The Hall–Kier alpha value is -2.48. The maximum atomic E-state index is 11.1. The van der Waals surface area contributed by atoms with Gasteiger partial charge < -0.3 is 5.11 Å². The molecule has 0 spiro atoms. The first-order valence-corrected chi connectivity index (χ1v) is 5.44. The molecule has 0 aliphatic rings. The second-order valence-electron chi connectivity index (χ2n) is 3.54. The summed E-state index contributed by atoms with van der Waals surface area (Å²) in [6.45, 7) is 1.36. The number of amides is 1. The van der Waals surface area contributed by atoms with E-state index >= 15 is 0 Å². The van der Waals surface area contributed by atoms with Crippen molar-refractivity contribution in [3.05, 3.63) is 29.2 Å². The number of hydrogen-bond acceptors (Lipinski definition) is 5. The standard InChI is InChI=1S/C10H8ClN5O3/c1-5(17)8-4-13-16(15-8)9-7(11)2-6(3-12-9)14-10(18)19/h2-4,14H,1H3,(H,18,19). The van der Waals surface area contributed by atoms with Gasteiger partial charge in [0.05, 0.1) is 23.1 Å². The first kappa shape index (κ1) is 13.0. The van der Waals surface area contributed by atoms with Crippen molar-refractivity contribution in [2.45, 2.75) is 6.92 Å². The van der Waals surface area contributed by atoms with Crippen LogP contribution in [0.1, 0.15) is 17.4 Å². The van der Waals surface area contributed by atoms with Crippen LogP contribution in [0.5, 0.6) is 0 Å². The second-order valence-corrected chi connectivity index (χ2v) is 3.94. The van der Waals surface area contributed by atoms with Crippen LogP contribution in [0.25, 0.3) is 5.82 Å². The Labute approximate surface area is 112 Å². The molecule has 0 radical (unpaired) electrons. The van der Waals surface area contributed by atoms with Gasteiger partial charge in [0.25, 0.3) is 0 Å². The minimum absolute atomic E-state index is 0.150. The third kappa shape index (κ3) is 2.86. The first-order chi connectivity index (χ1) is 8.97. The fourth-order valence-corrected chi connectivity index (χ4v) is 1.54. The molecular formula is C10H8ClN5O3. The zero-order valence-corrected chi connectivity index (χ0v) is 10.4. The minimum Gasteiger partial charge on any atom is -0.465 e. The van der Waals surface area contributed by atoms with Gasteiger partial charge in [0, 0.05) is 6.92 Å². The summed E-state index contributed by atoms with van der Waals surface area (Å²) in [6.07, 6.45) is 1.34. The van der Waals surface area contributed by atoms with E-state index < -0.39 is 6.09 Å². The Balaban J connectivity index is 2.34. The maximum Gasteiger partial charge on any atom is 0.409 e. The first-order valence-electron chi connectivity index (χ1n) is 5.06. The molecule has 0 atom stereocenters. The third-order valence-corrected chi connectivity index (χ3v) is 2.39. The van der Waals surface area contributed by atoms with Crippen LogP contribution in [-0.4, -0.2) is 37.0 Å². The molecular weight excluding hydrogens is 274 g/mol. The number of pyridine rings is 1. The number of anilines is 1. The number of carboxylic acid groups (broad SMARTS) is 1. The molecule has 19 heavy (non-hydrogen) atoms. The summed E-state index contributed by atoms with van der Waals surface area (Å²) in [5.41, 5.74) is 0.408. The molecule has 2 heterocycles. The lowest BCUT2D eigenvalue weighted by Gasteiger charge is -2.04. The van der Waals surface area contributed by atoms with E-state index in [-0.39, 0.29) is 28.0 Å². The largest absolute Gasteiger partial charge is 0.465 e. The van der Waals surface area contributed by atoms with Crippen LogP contribution in [0.15, 0.2) is 18.5 Å². The highest BCUT2D eigenvalue weighted by atomic mass is 35.5. The van der Waals surface area contributed by atoms with Crippen LogP contribution in [-0.2, 0) is 0 Å². The van der Waals surface area contributed by atoms with Crippen molar-refractivity contribution in [3.63, 3.8) is 0 Å². The van der Waals surface area contributed by atoms with E-state index in [0.717, 1.165) is 4.80 Å². The summed E-state index contributed by atoms with van der Waals surface area (Å²) >= 11 is 5.96. The van der Waals surface area contributed by atoms with Crippen molar-refractivity contribution in [2.24, 2.45) is 0 Å². The van der Waals surface area contributed by atoms with Crippen molar-refractivity contribution >= 4 is 29.2 Å². The van der Waals surface area contributed by atoms with Gasteiger partial charge >= 0.3 is 6.09 Å². The van der Waals surface area contributed by atoms with Crippen molar-refractivity contribution in [1.29, 1.82) is 0 Å². The zero-order valence-electron chi connectivity index (χ0n) is 9.66. The summed E-state index contributed by atoms with van der Waals surface area (Å²) in [7, 11) is 0. The fraction of sp³-hybridized carbons (Fsp3) is 0.100. The third-order valence-electron chi connectivity index (χ3n) is 2.12. The van der Waals surface area contributed by atoms with E-state index in [1.165, 1.54) is 25.4 Å². The zero-order chi connectivity index (χ0) is 14.0. The molecule has 98 valence electrons. The predicted molar refractivity (Wildman–Crippen MR) is 65.8 cm³/mol. The topological polar surface area (TPSA) is 110 Å². The van der Waals surface area contributed by atoms with Gasteiger partial charge in [-0.25, -0.2) is 9.78 Å². The highest BCUT2D eigenvalue weighted by Gasteiger charge is 2.12. The molecule has 0 fully saturated rings. The van der Waals surface area contributed by atoms with E-state index in [1.54, 1.807) is 0 Å². The number of aromatic nitrogens is 4. The number of hydrogen-bond donors (Lipinski definition) is 2. The molecule has 0 saturated carbocycles. The molecule has 0 aromatic carbocycles. The summed E-state index contributed by atoms with van der Waals surface area (Å²) in [5, 5.41) is 18.6. The molecule has 0 saturated heterocycles. The number of carbonyl (C=O) groups is 2. The molecule has 1 amide bonds. The van der Waals surface area contributed by atoms with Gasteiger partial charge in [0.15, 0.2) is 11.6 Å². The monoisotopic (exact) mass is 281 g/mol. The van der Waals surface area contributed by atoms with Gasteiger partial charge in [-0.15, -0.1) is 9.90 Å². The molecule has 0 aliphatic carbocycles. The van der Waals surface area contributed by atoms with Crippen LogP contribution < -0.4 is 5.32 Å². The normalized spacial score (nSPS) is 10.2. The average molecular weight is 282 g/mol. The molecule has 2 N–H and O–H groups in total. The van der Waals surface area contributed by atoms with Gasteiger partial charge in [-0.2, -0.15) is 5.10 Å². The van der Waals surface area contributed by atoms with E-state index in [0.29, 0.717) is 0 Å². The molecule has 2 aromatic heterocycles. The molecule has 2 aromatic rings. The molecule has 0 aliphatic heterocycles. The smallest absolute Gasteiger partial charge is 0.409 e. The van der Waals surface area contributed by atoms with Crippen molar-refractivity contribution in [3.8, 4) is 5.82 Å². The number of nitrogens with zero attached hydrogens (tertiary/aromatic N) is 4. The SMILES string of the molecule is CC(=O)c1cnn(-c2ncc(NC(=O)O)cc2Cl)n1. The Bertz CT molecular complexity index is 654. The lowest BCUT2D eigenvalue weighted by molar-refractivity contribution is 0.101. The van der Waals surface area contributed by atoms with Gasteiger partial charge in [0.1, 0.15) is 5.69 Å². The number of Topliss-reactive ketones (excluding diaryl/α,β-unsaturated/α-hetero) is 1. The average Bonchev–Trinajstić information content (AvgIpc) is 2.77. The number of rotatable bonds is 3. The number of nitrogens with one attached hydrogen (secondary N) is 1. The lowest BCUT2D eigenvalue weighted by Crippen LogP contribution is -2.09. The highest BCUT2D eigenvalue weighted by Crippen LogP contribution is 2.20. The number of ketones is 1. The molecule has 9 heteroatoms. The number of carbonyl (C=O) groups excluding carboxylic acids is 1. The highest BCUT2D eigenvalue weighted by molar-refractivity contribution is 6.32. The second kappa shape index (κ2) is 5.02. The summed E-state index contributed by atoms with van der Waals surface area (Å²) in [5.74, 6) is -0.0309. The predicted octanol–water partition coefficient (Wildman–Crippen LogP) is 1.61. The van der Waals surface area contributed by atoms with E-state index in [4.69, 9.17) is 16.7 Å². The van der Waals surface area contributed by atoms with E-state index in [1.807, 2.05) is 0 Å². The van der Waals surface area contributed by atoms with Crippen molar-refractivity contribution in [1.82, 2.24) is 20.0 Å². The summed E-state index contributed by atoms with van der Waals surface area (Å²) in [4.78, 5) is 26.6. The summed E-state index contributed by atoms with van der Waals surface area (Å²) < 4.78 is 0. The van der Waals surface area contributed by atoms with Gasteiger partial charge in [-0.3, -0.25) is 10.1 Å². The van der Waals surface area contributed by atoms with Crippen molar-refractivity contribution in [2.75, 3.05) is 5.32 Å². The van der Waals surface area contributed by atoms with Crippen molar-refractivity contribution < 1.29 is 14.7 Å². The Morgan fingerprint density at radius 1 is 1.42 bits per heavy atom. The van der Waals surface area contributed by atoms with Crippen LogP contribution in [0.3, 0.4) is 0 Å². The molecule has 8 nitrogen and oxygen atoms in total. The van der Waals surface area contributed by atoms with Crippen LogP contribution in [0, 0.1) is 0 Å². The summed E-state index contributed by atoms with van der Waals surface area (Å²) in [6, 6.07) is 1.37. The molecule has 0 bridgehead atoms. The van der Waals surface area contributed by atoms with E-state index in [2.05, 4.69) is 20.5 Å². The Morgan fingerprint density at radius 2 is 2.16 bits per heavy atom. The van der Waals surface area contributed by atoms with Gasteiger partial charge in [0.2, 0.25) is 0 Å². The van der Waals surface area contributed by atoms with Crippen LogP contribution in [0.2, 0.25) is 5.02 Å². The number of halogens is 1. The van der Waals surface area contributed by atoms with E-state index in [9.17, 15) is 9.59 Å². The maximum absolute atomic E-state index is 11.1. The van der Waals surface area contributed by atoms with Crippen LogP contribution in [0.4, 0.5) is 10.5 Å². The Morgan fingerprint density at radius 3 is 2.68 bits per heavy atom. The fourth-order valence-electron chi connectivity index (χ4n) is 1.30. The quantitative estimate of drug-likeness (QED) is 0.827. The Kier molecular flexibility index (Phi) is 3.43. The molecule has 2 rings (SSSR count).